The molecule has 0 heterocycles. The van der Waals surface area contributed by atoms with Crippen LogP contribution in [0.15, 0.2) is 36.4 Å². The normalized spacial score (nSPS) is 12.9. The van der Waals surface area contributed by atoms with E-state index in [1.807, 2.05) is 30.3 Å². The molecule has 0 aliphatic carbocycles. The Hall–Kier alpha value is -1.54. The van der Waals surface area contributed by atoms with E-state index in [-0.39, 0.29) is 0 Å². The van der Waals surface area contributed by atoms with Crippen LogP contribution < -0.4 is 4.74 Å². The third kappa shape index (κ3) is 2.49. The third-order valence-electron chi connectivity index (χ3n) is 3.18. The van der Waals surface area contributed by atoms with Gasteiger partial charge in [0.05, 0.1) is 13.2 Å². The smallest absolute Gasteiger partial charge is 0.125 e. The van der Waals surface area contributed by atoms with Crippen LogP contribution in [0.4, 0.5) is 0 Å². The molecule has 0 aliphatic heterocycles. The van der Waals surface area contributed by atoms with Crippen molar-refractivity contribution in [3.05, 3.63) is 42.0 Å². The van der Waals surface area contributed by atoms with Crippen molar-refractivity contribution in [1.82, 2.24) is 0 Å². The number of aliphatic hydroxyl groups is 1. The summed E-state index contributed by atoms with van der Waals surface area (Å²) < 4.78 is 5.40. The van der Waals surface area contributed by atoms with Crippen molar-refractivity contribution in [2.45, 2.75) is 26.4 Å². The molecule has 2 aromatic rings. The summed E-state index contributed by atoms with van der Waals surface area (Å²) in [5.74, 6) is 1.21. The number of hydrogen-bond acceptors (Lipinski definition) is 2. The third-order valence-corrected chi connectivity index (χ3v) is 3.18. The summed E-state index contributed by atoms with van der Waals surface area (Å²) in [6.07, 6.45) is 0.260. The number of fused-ring (bicyclic) bond motifs is 1. The number of hydrogen-bond donors (Lipinski definition) is 1. The van der Waals surface area contributed by atoms with Crippen molar-refractivity contribution < 1.29 is 9.84 Å². The Morgan fingerprint density at radius 3 is 2.50 bits per heavy atom. The molecule has 2 heteroatoms. The lowest BCUT2D eigenvalue weighted by molar-refractivity contribution is 0.149. The molecule has 0 aromatic heterocycles. The molecule has 0 saturated carbocycles. The van der Waals surface area contributed by atoms with Gasteiger partial charge in [-0.25, -0.2) is 0 Å². The van der Waals surface area contributed by atoms with E-state index in [1.54, 1.807) is 7.11 Å². The summed E-state index contributed by atoms with van der Waals surface area (Å²) in [5, 5.41) is 12.6. The van der Waals surface area contributed by atoms with Crippen LogP contribution in [0.5, 0.6) is 5.75 Å². The van der Waals surface area contributed by atoms with Gasteiger partial charge in [-0.05, 0) is 29.2 Å². The monoisotopic (exact) mass is 244 g/mol. The quantitative estimate of drug-likeness (QED) is 0.883. The first-order valence-corrected chi connectivity index (χ1v) is 6.37. The topological polar surface area (TPSA) is 29.5 Å². The van der Waals surface area contributed by atoms with E-state index in [4.69, 9.17) is 4.74 Å². The lowest BCUT2D eigenvalue weighted by Gasteiger charge is -2.19. The van der Waals surface area contributed by atoms with Gasteiger partial charge in [-0.3, -0.25) is 0 Å². The maximum atomic E-state index is 10.4. The molecular formula is C16H20O2. The molecule has 2 aromatic carbocycles. The fourth-order valence-electron chi connectivity index (χ4n) is 2.36. The van der Waals surface area contributed by atoms with Gasteiger partial charge >= 0.3 is 0 Å². The molecule has 0 saturated heterocycles. The highest BCUT2D eigenvalue weighted by molar-refractivity contribution is 5.88. The highest BCUT2D eigenvalue weighted by atomic mass is 16.5. The zero-order chi connectivity index (χ0) is 13.1. The summed E-state index contributed by atoms with van der Waals surface area (Å²) in [6.45, 7) is 4.22. The van der Waals surface area contributed by atoms with Gasteiger partial charge in [0.1, 0.15) is 5.75 Å². The highest BCUT2D eigenvalue weighted by Gasteiger charge is 2.17. The van der Waals surface area contributed by atoms with E-state index >= 15 is 0 Å². The fraction of sp³-hybridized carbons (Fsp3) is 0.375. The average molecular weight is 244 g/mol. The number of aliphatic hydroxyl groups excluding tert-OH is 1. The second kappa shape index (κ2) is 5.40. The number of methoxy groups -OCH3 is 1. The van der Waals surface area contributed by atoms with Gasteiger partial charge in [0, 0.05) is 5.56 Å². The van der Waals surface area contributed by atoms with Crippen LogP contribution in [-0.4, -0.2) is 12.2 Å². The Bertz CT molecular complexity index is 532. The maximum absolute atomic E-state index is 10.4. The van der Waals surface area contributed by atoms with E-state index in [1.165, 1.54) is 0 Å². The van der Waals surface area contributed by atoms with Gasteiger partial charge < -0.3 is 9.84 Å². The predicted molar refractivity (Wildman–Crippen MR) is 74.9 cm³/mol. The second-order valence-electron chi connectivity index (χ2n) is 5.05. The Morgan fingerprint density at radius 2 is 1.83 bits per heavy atom. The van der Waals surface area contributed by atoms with E-state index in [2.05, 4.69) is 19.9 Å². The van der Waals surface area contributed by atoms with Gasteiger partial charge in [0.25, 0.3) is 0 Å². The van der Waals surface area contributed by atoms with Crippen LogP contribution in [0.2, 0.25) is 0 Å². The van der Waals surface area contributed by atoms with Gasteiger partial charge in [-0.15, -0.1) is 0 Å². The van der Waals surface area contributed by atoms with E-state index < -0.39 is 6.10 Å². The van der Waals surface area contributed by atoms with Crippen LogP contribution in [0, 0.1) is 5.92 Å². The second-order valence-corrected chi connectivity index (χ2v) is 5.05. The van der Waals surface area contributed by atoms with Gasteiger partial charge in [0.2, 0.25) is 0 Å². The molecule has 0 spiro atoms. The van der Waals surface area contributed by atoms with Crippen molar-refractivity contribution in [3.8, 4) is 5.75 Å². The van der Waals surface area contributed by atoms with Crippen molar-refractivity contribution in [3.63, 3.8) is 0 Å². The number of rotatable bonds is 4. The summed E-state index contributed by atoms with van der Waals surface area (Å²) in [5.41, 5.74) is 0.907. The van der Waals surface area contributed by atoms with Crippen LogP contribution >= 0.6 is 0 Å². The lowest BCUT2D eigenvalue weighted by Crippen LogP contribution is -2.05. The molecule has 0 amide bonds. The molecule has 1 unspecified atom stereocenters. The minimum Gasteiger partial charge on any atom is -0.496 e. The number of benzene rings is 2. The Labute approximate surface area is 108 Å². The summed E-state index contributed by atoms with van der Waals surface area (Å²) in [4.78, 5) is 0. The summed E-state index contributed by atoms with van der Waals surface area (Å²) >= 11 is 0. The first-order chi connectivity index (χ1) is 8.63. The predicted octanol–water partition coefficient (Wildman–Crippen LogP) is 3.93. The molecule has 1 N–H and O–H groups in total. The molecular weight excluding hydrogens is 224 g/mol. The van der Waals surface area contributed by atoms with Crippen molar-refractivity contribution in [1.29, 1.82) is 0 Å². The van der Waals surface area contributed by atoms with Crippen molar-refractivity contribution in [2.24, 2.45) is 5.92 Å². The molecule has 0 radical (unpaired) electrons. The van der Waals surface area contributed by atoms with Gasteiger partial charge in [0.15, 0.2) is 0 Å². The standard InChI is InChI=1S/C16H20O2/c1-11(2)10-14(17)16-13-7-5-4-6-12(13)8-9-15(16)18-3/h4-9,11,14,17H,10H2,1-3H3. The van der Waals surface area contributed by atoms with Crippen LogP contribution in [0.1, 0.15) is 31.9 Å². The highest BCUT2D eigenvalue weighted by Crippen LogP contribution is 2.35. The molecule has 0 aliphatic rings. The largest absolute Gasteiger partial charge is 0.496 e. The maximum Gasteiger partial charge on any atom is 0.125 e. The molecule has 96 valence electrons. The van der Waals surface area contributed by atoms with Crippen molar-refractivity contribution >= 4 is 10.8 Å². The Balaban J connectivity index is 2.57. The zero-order valence-corrected chi connectivity index (χ0v) is 11.2. The van der Waals surface area contributed by atoms with Gasteiger partial charge in [-0.1, -0.05) is 44.2 Å². The van der Waals surface area contributed by atoms with E-state index in [9.17, 15) is 5.11 Å². The molecule has 2 nitrogen and oxygen atoms in total. The minimum absolute atomic E-state index is 0.448. The Kier molecular flexibility index (Phi) is 3.87. The minimum atomic E-state index is -0.481. The summed E-state index contributed by atoms with van der Waals surface area (Å²) in [7, 11) is 1.65. The van der Waals surface area contributed by atoms with Crippen molar-refractivity contribution in [2.75, 3.05) is 7.11 Å². The number of ether oxygens (including phenoxy) is 1. The lowest BCUT2D eigenvalue weighted by atomic mass is 9.94. The zero-order valence-electron chi connectivity index (χ0n) is 11.2. The van der Waals surface area contributed by atoms with Crippen LogP contribution in [0.3, 0.4) is 0 Å². The SMILES string of the molecule is COc1ccc2ccccc2c1C(O)CC(C)C. The average Bonchev–Trinajstić information content (AvgIpc) is 2.36. The Morgan fingerprint density at radius 1 is 1.11 bits per heavy atom. The molecule has 2 rings (SSSR count). The first kappa shape index (κ1) is 12.9. The molecule has 18 heavy (non-hydrogen) atoms. The first-order valence-electron chi connectivity index (χ1n) is 6.37. The summed E-state index contributed by atoms with van der Waals surface area (Å²) in [6, 6.07) is 12.1. The van der Waals surface area contributed by atoms with E-state index in [0.29, 0.717) is 5.92 Å². The molecule has 1 atom stereocenters. The van der Waals surface area contributed by atoms with Crippen LogP contribution in [0.25, 0.3) is 10.8 Å². The molecule has 0 bridgehead atoms. The van der Waals surface area contributed by atoms with Gasteiger partial charge in [-0.2, -0.15) is 0 Å². The fourth-order valence-corrected chi connectivity index (χ4v) is 2.36. The molecule has 0 fully saturated rings. The van der Waals surface area contributed by atoms with Crippen LogP contribution in [-0.2, 0) is 0 Å². The van der Waals surface area contributed by atoms with E-state index in [0.717, 1.165) is 28.5 Å².